The molecule has 1 aliphatic heterocycles. The summed E-state index contributed by atoms with van der Waals surface area (Å²) in [5.41, 5.74) is 0.738. The summed E-state index contributed by atoms with van der Waals surface area (Å²) in [7, 11) is -2.11. The second kappa shape index (κ2) is 6.01. The van der Waals surface area contributed by atoms with Crippen molar-refractivity contribution in [1.82, 2.24) is 9.62 Å². The average Bonchev–Trinajstić information content (AvgIpc) is 3.28. The Labute approximate surface area is 135 Å². The van der Waals surface area contributed by atoms with Gasteiger partial charge in [-0.05, 0) is 43.5 Å². The third-order valence-electron chi connectivity index (χ3n) is 4.07. The minimum Gasteiger partial charge on any atom is -0.496 e. The number of hydrogen-bond acceptors (Lipinski definition) is 5. The van der Waals surface area contributed by atoms with Crippen molar-refractivity contribution in [3.63, 3.8) is 0 Å². The fourth-order valence-corrected chi connectivity index (χ4v) is 3.79. The number of hydrogen-bond donors (Lipinski definition) is 1. The number of amides is 1. The highest BCUT2D eigenvalue weighted by atomic mass is 32.2. The van der Waals surface area contributed by atoms with Crippen molar-refractivity contribution in [2.75, 3.05) is 20.2 Å². The van der Waals surface area contributed by atoms with Gasteiger partial charge in [-0.2, -0.15) is 0 Å². The van der Waals surface area contributed by atoms with Crippen LogP contribution in [0.25, 0.3) is 0 Å². The minimum atomic E-state index is -3.65. The molecule has 1 N–H and O–H groups in total. The van der Waals surface area contributed by atoms with Gasteiger partial charge in [0.15, 0.2) is 0 Å². The molecule has 1 amide bonds. The molecule has 2 aliphatic rings. The summed E-state index contributed by atoms with van der Waals surface area (Å²) in [5, 5.41) is 0. The van der Waals surface area contributed by atoms with Crippen LogP contribution in [0.5, 0.6) is 5.75 Å². The predicted molar refractivity (Wildman–Crippen MR) is 82.9 cm³/mol. The van der Waals surface area contributed by atoms with Crippen LogP contribution in [0.3, 0.4) is 0 Å². The fraction of sp³-hybridized carbons (Fsp3) is 0.533. The molecule has 1 atom stereocenters. The minimum absolute atomic E-state index is 0.0718. The lowest BCUT2D eigenvalue weighted by Crippen LogP contribution is -2.35. The number of sulfonamides is 1. The van der Waals surface area contributed by atoms with Gasteiger partial charge in [-0.1, -0.05) is 0 Å². The van der Waals surface area contributed by atoms with Gasteiger partial charge >= 0.3 is 6.09 Å². The Kier molecular flexibility index (Phi) is 4.20. The summed E-state index contributed by atoms with van der Waals surface area (Å²) >= 11 is 0. The summed E-state index contributed by atoms with van der Waals surface area (Å²) in [6.07, 6.45) is 1.20. The van der Waals surface area contributed by atoms with Crippen LogP contribution in [0, 0.1) is 6.92 Å². The normalized spacial score (nSPS) is 21.4. The molecule has 2 fully saturated rings. The van der Waals surface area contributed by atoms with E-state index in [1.165, 1.54) is 13.2 Å². The van der Waals surface area contributed by atoms with Crippen molar-refractivity contribution < 1.29 is 22.7 Å². The van der Waals surface area contributed by atoms with E-state index < -0.39 is 16.1 Å². The van der Waals surface area contributed by atoms with E-state index >= 15 is 0 Å². The summed E-state index contributed by atoms with van der Waals surface area (Å²) in [6.45, 7) is 2.29. The van der Waals surface area contributed by atoms with Gasteiger partial charge < -0.3 is 14.4 Å². The molecule has 7 nitrogen and oxygen atoms in total. The van der Waals surface area contributed by atoms with Crippen molar-refractivity contribution in [3.05, 3.63) is 23.8 Å². The van der Waals surface area contributed by atoms with E-state index in [-0.39, 0.29) is 23.6 Å². The van der Waals surface area contributed by atoms with Crippen molar-refractivity contribution in [2.45, 2.75) is 36.8 Å². The lowest BCUT2D eigenvalue weighted by Gasteiger charge is -2.12. The van der Waals surface area contributed by atoms with Crippen LogP contribution >= 0.6 is 0 Å². The molecule has 0 spiro atoms. The molecule has 0 radical (unpaired) electrons. The number of cyclic esters (lactones) is 1. The monoisotopic (exact) mass is 340 g/mol. The first-order valence-corrected chi connectivity index (χ1v) is 9.00. The topological polar surface area (TPSA) is 84.9 Å². The van der Waals surface area contributed by atoms with E-state index in [0.717, 1.165) is 18.4 Å². The maximum Gasteiger partial charge on any atom is 0.410 e. The van der Waals surface area contributed by atoms with E-state index in [1.54, 1.807) is 24.0 Å². The molecule has 1 unspecified atom stereocenters. The second-order valence-corrected chi connectivity index (χ2v) is 7.64. The van der Waals surface area contributed by atoms with Gasteiger partial charge in [-0.25, -0.2) is 17.9 Å². The molecule has 0 bridgehead atoms. The van der Waals surface area contributed by atoms with Gasteiger partial charge in [-0.15, -0.1) is 0 Å². The summed E-state index contributed by atoms with van der Waals surface area (Å²) in [5.74, 6) is 0.633. The number of nitrogens with zero attached hydrogens (tertiary/aromatic N) is 1. The fourth-order valence-electron chi connectivity index (χ4n) is 2.64. The van der Waals surface area contributed by atoms with Gasteiger partial charge in [0.1, 0.15) is 11.9 Å². The maximum absolute atomic E-state index is 12.3. The number of nitrogens with one attached hydrogen (secondary N) is 1. The highest BCUT2D eigenvalue weighted by Crippen LogP contribution is 2.30. The van der Waals surface area contributed by atoms with E-state index in [2.05, 4.69) is 4.72 Å². The van der Waals surface area contributed by atoms with Gasteiger partial charge in [0, 0.05) is 12.6 Å². The lowest BCUT2D eigenvalue weighted by atomic mass is 10.2. The van der Waals surface area contributed by atoms with E-state index in [9.17, 15) is 13.2 Å². The molecule has 0 aromatic heterocycles. The average molecular weight is 340 g/mol. The molecule has 126 valence electrons. The second-order valence-electron chi connectivity index (χ2n) is 5.87. The molecule has 8 heteroatoms. The zero-order valence-corrected chi connectivity index (χ0v) is 13.9. The van der Waals surface area contributed by atoms with Crippen molar-refractivity contribution >= 4 is 16.1 Å². The standard InChI is InChI=1S/C15H20N2O5S/c1-10-7-13(5-6-14(10)21-2)23(19,20)16-8-12-9-17(11-3-4-11)15(18)22-12/h5-7,11-12,16H,3-4,8-9H2,1-2H3. The maximum atomic E-state index is 12.3. The van der Waals surface area contributed by atoms with E-state index in [0.29, 0.717) is 12.3 Å². The van der Waals surface area contributed by atoms with Crippen molar-refractivity contribution in [3.8, 4) is 5.75 Å². The van der Waals surface area contributed by atoms with E-state index in [4.69, 9.17) is 9.47 Å². The largest absolute Gasteiger partial charge is 0.496 e. The van der Waals surface area contributed by atoms with Crippen molar-refractivity contribution in [2.24, 2.45) is 0 Å². The number of aryl methyl sites for hydroxylation is 1. The first kappa shape index (κ1) is 16.1. The molecule has 3 rings (SSSR count). The Hall–Kier alpha value is -1.80. The van der Waals surface area contributed by atoms with Gasteiger partial charge in [-0.3, -0.25) is 0 Å². The Morgan fingerprint density at radius 2 is 2.13 bits per heavy atom. The number of benzene rings is 1. The van der Waals surface area contributed by atoms with Crippen LogP contribution in [0.2, 0.25) is 0 Å². The van der Waals surface area contributed by atoms with Crippen LogP contribution in [0.4, 0.5) is 4.79 Å². The summed E-state index contributed by atoms with van der Waals surface area (Å²) in [4.78, 5) is 13.5. The number of carbonyl (C=O) groups is 1. The Bertz CT molecular complexity index is 715. The summed E-state index contributed by atoms with van der Waals surface area (Å²) in [6, 6.07) is 4.94. The highest BCUT2D eigenvalue weighted by molar-refractivity contribution is 7.89. The number of ether oxygens (including phenoxy) is 2. The molecular weight excluding hydrogens is 320 g/mol. The van der Waals surface area contributed by atoms with Crippen LogP contribution < -0.4 is 9.46 Å². The first-order valence-electron chi connectivity index (χ1n) is 7.52. The van der Waals surface area contributed by atoms with Crippen LogP contribution in [0.15, 0.2) is 23.1 Å². The quantitative estimate of drug-likeness (QED) is 0.843. The highest BCUT2D eigenvalue weighted by Gasteiger charge is 2.41. The van der Waals surface area contributed by atoms with Crippen LogP contribution in [-0.2, 0) is 14.8 Å². The van der Waals surface area contributed by atoms with Crippen LogP contribution in [0.1, 0.15) is 18.4 Å². The molecule has 1 heterocycles. The summed E-state index contributed by atoms with van der Waals surface area (Å²) < 4.78 is 37.5. The number of methoxy groups -OCH3 is 1. The predicted octanol–water partition coefficient (Wildman–Crippen LogP) is 1.27. The molecule has 1 aromatic rings. The molecular formula is C15H20N2O5S. The van der Waals surface area contributed by atoms with Gasteiger partial charge in [0.2, 0.25) is 10.0 Å². The lowest BCUT2D eigenvalue weighted by molar-refractivity contribution is 0.133. The Morgan fingerprint density at radius 1 is 1.39 bits per heavy atom. The molecule has 1 saturated heterocycles. The van der Waals surface area contributed by atoms with Crippen molar-refractivity contribution in [1.29, 1.82) is 0 Å². The van der Waals surface area contributed by atoms with Gasteiger partial charge in [0.25, 0.3) is 0 Å². The Balaban J connectivity index is 1.63. The van der Waals surface area contributed by atoms with Crippen LogP contribution in [-0.4, -0.2) is 51.8 Å². The third kappa shape index (κ3) is 3.42. The molecule has 23 heavy (non-hydrogen) atoms. The molecule has 1 aromatic carbocycles. The third-order valence-corrected chi connectivity index (χ3v) is 5.49. The smallest absolute Gasteiger partial charge is 0.410 e. The Morgan fingerprint density at radius 3 is 2.74 bits per heavy atom. The number of rotatable bonds is 6. The first-order chi connectivity index (χ1) is 10.9. The van der Waals surface area contributed by atoms with Gasteiger partial charge in [0.05, 0.1) is 18.6 Å². The zero-order valence-electron chi connectivity index (χ0n) is 13.1. The molecule has 1 saturated carbocycles. The number of carbonyl (C=O) groups excluding carboxylic acids is 1. The van der Waals surface area contributed by atoms with E-state index in [1.807, 2.05) is 0 Å². The molecule has 1 aliphatic carbocycles. The zero-order chi connectivity index (χ0) is 16.6. The SMILES string of the molecule is COc1ccc(S(=O)(=O)NCC2CN(C3CC3)C(=O)O2)cc1C.